The van der Waals surface area contributed by atoms with Gasteiger partial charge in [0.1, 0.15) is 18.0 Å². The van der Waals surface area contributed by atoms with Gasteiger partial charge in [-0.3, -0.25) is 0 Å². The van der Waals surface area contributed by atoms with E-state index in [4.69, 9.17) is 15.0 Å². The minimum atomic E-state index is 0.382. The van der Waals surface area contributed by atoms with Gasteiger partial charge in [0, 0.05) is 7.11 Å². The maximum Gasteiger partial charge on any atom is 0.185 e. The minimum Gasteiger partial charge on any atom is -0.394 e. The van der Waals surface area contributed by atoms with Crippen LogP contribution in [-0.2, 0) is 11.3 Å². The molecule has 0 unspecified atom stereocenters. The van der Waals surface area contributed by atoms with Gasteiger partial charge in [-0.15, -0.1) is 0 Å². The molecule has 4 heteroatoms. The van der Waals surface area contributed by atoms with E-state index in [-0.39, 0.29) is 0 Å². The monoisotopic (exact) mass is 142 g/mol. The molecule has 0 bridgehead atoms. The number of anilines is 1. The number of nitrogens with zero attached hydrogens (tertiary/aromatic N) is 1. The predicted molar refractivity (Wildman–Crippen MR) is 36.4 cm³/mol. The molecule has 2 N–H and O–H groups in total. The van der Waals surface area contributed by atoms with Gasteiger partial charge in [-0.25, -0.2) is 0 Å². The predicted octanol–water partition coefficient (Wildman–Crippen LogP) is 0.712. The average Bonchev–Trinajstić information content (AvgIpc) is 2.20. The molecule has 56 valence electrons. The van der Waals surface area contributed by atoms with E-state index < -0.39 is 0 Å². The highest BCUT2D eigenvalue weighted by Gasteiger charge is 2.07. The quantitative estimate of drug-likeness (QED) is 0.660. The molecule has 4 nitrogen and oxygen atoms in total. The topological polar surface area (TPSA) is 61.3 Å². The molecule has 0 aliphatic carbocycles. The largest absolute Gasteiger partial charge is 0.394 e. The Morgan fingerprint density at radius 2 is 2.40 bits per heavy atom. The highest BCUT2D eigenvalue weighted by Crippen LogP contribution is 2.15. The summed E-state index contributed by atoms with van der Waals surface area (Å²) in [7, 11) is 1.58. The molecule has 0 spiro atoms. The Morgan fingerprint density at radius 1 is 1.70 bits per heavy atom. The molecule has 0 atom stereocenters. The van der Waals surface area contributed by atoms with Crippen LogP contribution in [0.25, 0.3) is 0 Å². The molecule has 1 aromatic rings. The smallest absolute Gasteiger partial charge is 0.185 e. The summed E-state index contributed by atoms with van der Waals surface area (Å²) in [6.07, 6.45) is 0. The van der Waals surface area contributed by atoms with E-state index in [0.717, 1.165) is 0 Å². The Bertz CT molecular complexity index is 220. The van der Waals surface area contributed by atoms with Gasteiger partial charge in [0.25, 0.3) is 0 Å². The van der Waals surface area contributed by atoms with E-state index in [1.54, 1.807) is 14.0 Å². The molecule has 0 aliphatic heterocycles. The molecular formula is C6H10N2O2. The van der Waals surface area contributed by atoms with Crippen LogP contribution in [-0.4, -0.2) is 12.3 Å². The summed E-state index contributed by atoms with van der Waals surface area (Å²) in [5.74, 6) is 0.597. The van der Waals surface area contributed by atoms with Crippen molar-refractivity contribution in [2.24, 2.45) is 0 Å². The number of aromatic nitrogens is 1. The molecule has 0 amide bonds. The molecule has 0 fully saturated rings. The Balaban J connectivity index is 2.83. The number of aryl methyl sites for hydroxylation is 1. The van der Waals surface area contributed by atoms with Crippen molar-refractivity contribution in [1.29, 1.82) is 0 Å². The first kappa shape index (κ1) is 7.08. The lowest BCUT2D eigenvalue weighted by atomic mass is 10.3. The van der Waals surface area contributed by atoms with Gasteiger partial charge in [-0.2, -0.15) is 0 Å². The van der Waals surface area contributed by atoms with E-state index in [1.165, 1.54) is 0 Å². The first-order valence-corrected chi connectivity index (χ1v) is 2.95. The third-order valence-electron chi connectivity index (χ3n) is 1.26. The van der Waals surface area contributed by atoms with Gasteiger partial charge in [-0.1, -0.05) is 5.16 Å². The maximum absolute atomic E-state index is 5.55. The number of methoxy groups -OCH3 is 1. The Labute approximate surface area is 58.9 Å². The molecule has 1 heterocycles. The number of nitrogens with two attached hydrogens (primary N) is 1. The Hall–Kier alpha value is -1.03. The minimum absolute atomic E-state index is 0.382. The van der Waals surface area contributed by atoms with Crippen LogP contribution in [0.3, 0.4) is 0 Å². The second-order valence-corrected chi connectivity index (χ2v) is 2.04. The van der Waals surface area contributed by atoms with Crippen molar-refractivity contribution < 1.29 is 9.26 Å². The third-order valence-corrected chi connectivity index (χ3v) is 1.26. The van der Waals surface area contributed by atoms with Gasteiger partial charge in [0.2, 0.25) is 0 Å². The van der Waals surface area contributed by atoms with Crippen LogP contribution in [0.4, 0.5) is 5.69 Å². The standard InChI is InChI=1S/C6H10N2O2/c1-4-6(7)5(3-9-2)10-8-4/h3,7H2,1-2H3. The molecule has 0 saturated carbocycles. The first-order chi connectivity index (χ1) is 4.75. The fraction of sp³-hybridized carbons (Fsp3) is 0.500. The lowest BCUT2D eigenvalue weighted by Gasteiger charge is -1.92. The molecule has 0 saturated heterocycles. The van der Waals surface area contributed by atoms with Crippen LogP contribution in [0.1, 0.15) is 11.5 Å². The van der Waals surface area contributed by atoms with E-state index in [2.05, 4.69) is 5.16 Å². The summed E-state index contributed by atoms with van der Waals surface area (Å²) in [5, 5.41) is 3.65. The van der Waals surface area contributed by atoms with Crippen LogP contribution < -0.4 is 5.73 Å². The van der Waals surface area contributed by atoms with Crippen molar-refractivity contribution in [2.45, 2.75) is 13.5 Å². The summed E-state index contributed by atoms with van der Waals surface area (Å²) >= 11 is 0. The maximum atomic E-state index is 5.55. The summed E-state index contributed by atoms with van der Waals surface area (Å²) in [4.78, 5) is 0. The highest BCUT2D eigenvalue weighted by atomic mass is 16.5. The van der Waals surface area contributed by atoms with Gasteiger partial charge < -0.3 is 15.0 Å². The van der Waals surface area contributed by atoms with Crippen LogP contribution in [0, 0.1) is 6.92 Å². The summed E-state index contributed by atoms with van der Waals surface area (Å²) in [6, 6.07) is 0. The number of hydrogen-bond donors (Lipinski definition) is 1. The van der Waals surface area contributed by atoms with Crippen molar-refractivity contribution >= 4 is 5.69 Å². The highest BCUT2D eigenvalue weighted by molar-refractivity contribution is 5.44. The second-order valence-electron chi connectivity index (χ2n) is 2.04. The molecule has 1 aromatic heterocycles. The lowest BCUT2D eigenvalue weighted by molar-refractivity contribution is 0.156. The number of nitrogen functional groups attached to an aromatic ring is 1. The van der Waals surface area contributed by atoms with Crippen molar-refractivity contribution in [2.75, 3.05) is 12.8 Å². The summed E-state index contributed by atoms with van der Waals surface area (Å²) < 4.78 is 9.64. The Kier molecular flexibility index (Phi) is 1.91. The van der Waals surface area contributed by atoms with Crippen LogP contribution >= 0.6 is 0 Å². The fourth-order valence-electron chi connectivity index (χ4n) is 0.659. The molecule has 10 heavy (non-hydrogen) atoms. The average molecular weight is 142 g/mol. The van der Waals surface area contributed by atoms with Crippen molar-refractivity contribution in [1.82, 2.24) is 5.16 Å². The molecule has 0 aliphatic rings. The van der Waals surface area contributed by atoms with E-state index in [9.17, 15) is 0 Å². The van der Waals surface area contributed by atoms with Crippen molar-refractivity contribution in [3.05, 3.63) is 11.5 Å². The number of rotatable bonds is 2. The van der Waals surface area contributed by atoms with Crippen LogP contribution in [0.2, 0.25) is 0 Å². The zero-order valence-electron chi connectivity index (χ0n) is 6.05. The van der Waals surface area contributed by atoms with E-state index in [1.807, 2.05) is 0 Å². The summed E-state index contributed by atoms with van der Waals surface area (Å²) in [5.41, 5.74) is 6.85. The molecule has 0 aromatic carbocycles. The zero-order chi connectivity index (χ0) is 7.56. The van der Waals surface area contributed by atoms with Gasteiger partial charge in [0.15, 0.2) is 5.76 Å². The van der Waals surface area contributed by atoms with Crippen LogP contribution in [0.5, 0.6) is 0 Å². The second kappa shape index (κ2) is 2.70. The third kappa shape index (κ3) is 1.11. The van der Waals surface area contributed by atoms with Crippen molar-refractivity contribution in [3.8, 4) is 0 Å². The normalized spacial score (nSPS) is 10.2. The molecule has 0 radical (unpaired) electrons. The van der Waals surface area contributed by atoms with Crippen LogP contribution in [0.15, 0.2) is 4.52 Å². The lowest BCUT2D eigenvalue weighted by Crippen LogP contribution is -1.92. The van der Waals surface area contributed by atoms with E-state index >= 15 is 0 Å². The molecular weight excluding hydrogens is 132 g/mol. The first-order valence-electron chi connectivity index (χ1n) is 2.95. The molecule has 1 rings (SSSR count). The van der Waals surface area contributed by atoms with Crippen molar-refractivity contribution in [3.63, 3.8) is 0 Å². The number of hydrogen-bond acceptors (Lipinski definition) is 4. The SMILES string of the molecule is COCc1onc(C)c1N. The fourth-order valence-corrected chi connectivity index (χ4v) is 0.659. The Morgan fingerprint density at radius 3 is 2.80 bits per heavy atom. The van der Waals surface area contributed by atoms with E-state index in [0.29, 0.717) is 23.7 Å². The van der Waals surface area contributed by atoms with Gasteiger partial charge in [0.05, 0.1) is 0 Å². The van der Waals surface area contributed by atoms with Gasteiger partial charge in [-0.05, 0) is 6.92 Å². The zero-order valence-corrected chi connectivity index (χ0v) is 6.05. The number of ether oxygens (including phenoxy) is 1. The van der Waals surface area contributed by atoms with Gasteiger partial charge >= 0.3 is 0 Å². The summed E-state index contributed by atoms with van der Waals surface area (Å²) in [6.45, 7) is 2.17.